The van der Waals surface area contributed by atoms with E-state index >= 15 is 0 Å². The Kier molecular flexibility index (Phi) is 8.81. The highest BCUT2D eigenvalue weighted by Crippen LogP contribution is 2.32. The van der Waals surface area contributed by atoms with Gasteiger partial charge < -0.3 is 4.74 Å². The molecule has 0 radical (unpaired) electrons. The van der Waals surface area contributed by atoms with Gasteiger partial charge in [0.15, 0.2) is 0 Å². The van der Waals surface area contributed by atoms with Gasteiger partial charge in [0.05, 0.1) is 36.4 Å². The maximum atomic E-state index is 13.3. The number of halogens is 3. The van der Waals surface area contributed by atoms with Crippen LogP contribution in [0.15, 0.2) is 46.2 Å². The lowest BCUT2D eigenvalue weighted by Gasteiger charge is -2.13. The summed E-state index contributed by atoms with van der Waals surface area (Å²) >= 11 is 0. The molecule has 0 aliphatic rings. The first-order valence-electron chi connectivity index (χ1n) is 11.4. The molecular formula is C24H26F3N5O5. The number of hydrogen-bond acceptors (Lipinski definition) is 6. The Hall–Kier alpha value is -4.00. The van der Waals surface area contributed by atoms with Crippen molar-refractivity contribution in [2.24, 2.45) is 0 Å². The first-order chi connectivity index (χ1) is 17.6. The van der Waals surface area contributed by atoms with Gasteiger partial charge in [-0.2, -0.15) is 18.3 Å². The standard InChI is InChI=1S/C24H26F3N5O5/c1-3-4-11-31-22(33)21(32(35)36)20(30(23(31)34)12-13-37-2)10-9-17-14-28-29(15-17)16-18-7-5-6-8-19(18)24(25,26)27/h5-10,14-15H,3-4,11-13,16H2,1-2H3. The van der Waals surface area contributed by atoms with Gasteiger partial charge in [0, 0.05) is 25.4 Å². The fourth-order valence-corrected chi connectivity index (χ4v) is 3.79. The van der Waals surface area contributed by atoms with E-state index < -0.39 is 33.6 Å². The predicted molar refractivity (Wildman–Crippen MR) is 130 cm³/mol. The Morgan fingerprint density at radius 2 is 1.86 bits per heavy atom. The van der Waals surface area contributed by atoms with Crippen molar-refractivity contribution in [3.8, 4) is 0 Å². The van der Waals surface area contributed by atoms with E-state index in [4.69, 9.17) is 4.74 Å². The Morgan fingerprint density at radius 3 is 2.51 bits per heavy atom. The molecule has 37 heavy (non-hydrogen) atoms. The molecule has 0 saturated carbocycles. The van der Waals surface area contributed by atoms with Crippen molar-refractivity contribution >= 4 is 17.8 Å². The van der Waals surface area contributed by atoms with Crippen molar-refractivity contribution in [1.82, 2.24) is 18.9 Å². The molecule has 3 aromatic rings. The Labute approximate surface area is 209 Å². The lowest BCUT2D eigenvalue weighted by molar-refractivity contribution is -0.387. The van der Waals surface area contributed by atoms with Gasteiger partial charge in [-0.1, -0.05) is 31.5 Å². The van der Waals surface area contributed by atoms with E-state index in [1.54, 1.807) is 0 Å². The summed E-state index contributed by atoms with van der Waals surface area (Å²) in [6, 6.07) is 5.14. The lowest BCUT2D eigenvalue weighted by atomic mass is 10.1. The fourth-order valence-electron chi connectivity index (χ4n) is 3.79. The van der Waals surface area contributed by atoms with Gasteiger partial charge in [-0.25, -0.2) is 4.79 Å². The smallest absolute Gasteiger partial charge is 0.383 e. The van der Waals surface area contributed by atoms with Crippen molar-refractivity contribution in [2.45, 2.75) is 45.6 Å². The molecule has 0 fully saturated rings. The molecular weight excluding hydrogens is 495 g/mol. The zero-order chi connectivity index (χ0) is 27.2. The molecule has 0 amide bonds. The van der Waals surface area contributed by atoms with Crippen LogP contribution in [0.3, 0.4) is 0 Å². The van der Waals surface area contributed by atoms with Gasteiger partial charge in [-0.3, -0.25) is 28.7 Å². The average molecular weight is 521 g/mol. The number of ether oxygens (including phenoxy) is 1. The van der Waals surface area contributed by atoms with E-state index in [2.05, 4.69) is 5.10 Å². The number of benzene rings is 1. The third-order valence-corrected chi connectivity index (χ3v) is 5.62. The highest BCUT2D eigenvalue weighted by atomic mass is 19.4. The van der Waals surface area contributed by atoms with Crippen LogP contribution in [0.5, 0.6) is 0 Å². The van der Waals surface area contributed by atoms with E-state index in [-0.39, 0.29) is 37.5 Å². The molecule has 0 bridgehead atoms. The van der Waals surface area contributed by atoms with Crippen LogP contribution in [0.4, 0.5) is 18.9 Å². The molecule has 0 aliphatic carbocycles. The summed E-state index contributed by atoms with van der Waals surface area (Å²) in [5, 5.41) is 15.9. The largest absolute Gasteiger partial charge is 0.416 e. The van der Waals surface area contributed by atoms with Gasteiger partial charge in [0.25, 0.3) is 0 Å². The highest BCUT2D eigenvalue weighted by molar-refractivity contribution is 5.71. The van der Waals surface area contributed by atoms with E-state index in [1.807, 2.05) is 6.92 Å². The molecule has 2 heterocycles. The monoisotopic (exact) mass is 521 g/mol. The molecule has 0 saturated heterocycles. The summed E-state index contributed by atoms with van der Waals surface area (Å²) in [4.78, 5) is 36.9. The number of methoxy groups -OCH3 is 1. The number of nitro groups is 1. The van der Waals surface area contributed by atoms with Crippen LogP contribution in [-0.4, -0.2) is 37.6 Å². The highest BCUT2D eigenvalue weighted by Gasteiger charge is 2.33. The Morgan fingerprint density at radius 1 is 1.14 bits per heavy atom. The molecule has 2 aromatic heterocycles. The van der Waals surface area contributed by atoms with Crippen LogP contribution in [0, 0.1) is 10.1 Å². The van der Waals surface area contributed by atoms with Crippen LogP contribution in [0.1, 0.15) is 42.1 Å². The van der Waals surface area contributed by atoms with Crippen LogP contribution < -0.4 is 11.2 Å². The summed E-state index contributed by atoms with van der Waals surface area (Å²) < 4.78 is 48.2. The third kappa shape index (κ3) is 6.42. The first-order valence-corrected chi connectivity index (χ1v) is 11.4. The molecule has 1 aromatic carbocycles. The Bertz CT molecular complexity index is 1400. The zero-order valence-corrected chi connectivity index (χ0v) is 20.3. The molecule has 198 valence electrons. The molecule has 0 unspecified atom stereocenters. The van der Waals surface area contributed by atoms with Crippen molar-refractivity contribution in [2.75, 3.05) is 13.7 Å². The van der Waals surface area contributed by atoms with Crippen molar-refractivity contribution < 1.29 is 22.8 Å². The minimum Gasteiger partial charge on any atom is -0.383 e. The van der Waals surface area contributed by atoms with Crippen LogP contribution in [-0.2, 0) is 30.5 Å². The maximum absolute atomic E-state index is 13.3. The average Bonchev–Trinajstić information content (AvgIpc) is 3.28. The van der Waals surface area contributed by atoms with Gasteiger partial charge >= 0.3 is 23.1 Å². The van der Waals surface area contributed by atoms with Gasteiger partial charge in [-0.05, 0) is 30.2 Å². The summed E-state index contributed by atoms with van der Waals surface area (Å²) in [5.74, 6) is 0. The SMILES string of the molecule is CCCCn1c(=O)c([N+](=O)[O-])c(C=Cc2cnn(Cc3ccccc3C(F)(F)F)c2)n(CCOC)c1=O. The quantitative estimate of drug-likeness (QED) is 0.280. The number of hydrogen-bond donors (Lipinski definition) is 0. The molecule has 0 aliphatic heterocycles. The Balaban J connectivity index is 2.01. The van der Waals surface area contributed by atoms with Crippen LogP contribution in [0.2, 0.25) is 0 Å². The van der Waals surface area contributed by atoms with Crippen LogP contribution in [0.25, 0.3) is 12.2 Å². The van der Waals surface area contributed by atoms with E-state index in [9.17, 15) is 32.9 Å². The number of aromatic nitrogens is 4. The summed E-state index contributed by atoms with van der Waals surface area (Å²) in [6.45, 7) is 1.78. The van der Waals surface area contributed by atoms with Crippen LogP contribution >= 0.6 is 0 Å². The number of alkyl halides is 3. The molecule has 3 rings (SSSR count). The lowest BCUT2D eigenvalue weighted by Crippen LogP contribution is -2.42. The summed E-state index contributed by atoms with van der Waals surface area (Å²) in [7, 11) is 1.41. The van der Waals surface area contributed by atoms with Crippen molar-refractivity contribution in [3.63, 3.8) is 0 Å². The minimum atomic E-state index is -4.52. The molecule has 0 N–H and O–H groups in total. The van der Waals surface area contributed by atoms with Gasteiger partial charge in [0.1, 0.15) is 5.69 Å². The van der Waals surface area contributed by atoms with E-state index in [0.717, 1.165) is 15.2 Å². The molecule has 0 spiro atoms. The summed E-state index contributed by atoms with van der Waals surface area (Å²) in [5.41, 5.74) is -3.01. The molecule has 0 atom stereocenters. The third-order valence-electron chi connectivity index (χ3n) is 5.62. The first kappa shape index (κ1) is 27.6. The van der Waals surface area contributed by atoms with Crippen molar-refractivity contribution in [3.05, 3.63) is 90.0 Å². The number of nitrogens with zero attached hydrogens (tertiary/aromatic N) is 5. The second-order valence-corrected chi connectivity index (χ2v) is 8.19. The number of rotatable bonds is 11. The van der Waals surface area contributed by atoms with E-state index in [0.29, 0.717) is 18.4 Å². The van der Waals surface area contributed by atoms with Crippen molar-refractivity contribution in [1.29, 1.82) is 0 Å². The molecule has 10 nitrogen and oxygen atoms in total. The second-order valence-electron chi connectivity index (χ2n) is 8.19. The topological polar surface area (TPSA) is 114 Å². The second kappa shape index (κ2) is 11.8. The normalized spacial score (nSPS) is 11.9. The fraction of sp³-hybridized carbons (Fsp3) is 0.375. The maximum Gasteiger partial charge on any atom is 0.416 e. The van der Waals surface area contributed by atoms with Gasteiger partial charge in [-0.15, -0.1) is 0 Å². The van der Waals surface area contributed by atoms with Gasteiger partial charge in [0.2, 0.25) is 0 Å². The van der Waals surface area contributed by atoms with E-state index in [1.165, 1.54) is 54.5 Å². The predicted octanol–water partition coefficient (Wildman–Crippen LogP) is 3.80. The minimum absolute atomic E-state index is 0.0216. The zero-order valence-electron chi connectivity index (χ0n) is 20.3. The summed E-state index contributed by atoms with van der Waals surface area (Å²) in [6.07, 6.45) is 2.12. The number of unbranched alkanes of at least 4 members (excludes halogenated alkanes) is 1. The molecule has 13 heteroatoms.